The lowest BCUT2D eigenvalue weighted by Gasteiger charge is -2.14. The topological polar surface area (TPSA) is 79.1 Å². The monoisotopic (exact) mass is 372 g/mol. The number of guanidine groups is 1. The number of carbonyl (C=O) groups is 1. The van der Waals surface area contributed by atoms with Gasteiger partial charge in [-0.05, 0) is 30.2 Å². The van der Waals surface area contributed by atoms with Crippen LogP contribution < -0.4 is 15.4 Å². The van der Waals surface area contributed by atoms with Gasteiger partial charge >= 0.3 is 0 Å². The van der Waals surface area contributed by atoms with Gasteiger partial charge in [0.05, 0.1) is 13.4 Å². The fraction of sp³-hybridized carbons (Fsp3) is 0.400. The van der Waals surface area contributed by atoms with Crippen molar-refractivity contribution in [2.24, 2.45) is 4.99 Å². The van der Waals surface area contributed by atoms with E-state index in [1.165, 1.54) is 4.90 Å². The van der Waals surface area contributed by atoms with Crippen LogP contribution in [0.25, 0.3) is 0 Å². The van der Waals surface area contributed by atoms with Crippen LogP contribution in [0.4, 0.5) is 0 Å². The molecule has 0 atom stereocenters. The Morgan fingerprint density at radius 2 is 1.85 bits per heavy atom. The van der Waals surface area contributed by atoms with E-state index < -0.39 is 0 Å². The normalized spacial score (nSPS) is 11.1. The Kier molecular flexibility index (Phi) is 8.22. The van der Waals surface area contributed by atoms with E-state index in [9.17, 15) is 4.79 Å². The van der Waals surface area contributed by atoms with Crippen LogP contribution in [0, 0.1) is 0 Å². The minimum absolute atomic E-state index is 0.0492. The highest BCUT2D eigenvalue weighted by Gasteiger charge is 2.06. The zero-order chi connectivity index (χ0) is 19.5. The Balaban J connectivity index is 1.89. The number of nitrogens with zero attached hydrogens (tertiary/aromatic N) is 2. The Labute approximate surface area is 160 Å². The summed E-state index contributed by atoms with van der Waals surface area (Å²) in [7, 11) is 5.11. The number of benzene rings is 1. The van der Waals surface area contributed by atoms with E-state index in [1.54, 1.807) is 27.5 Å². The maximum Gasteiger partial charge on any atom is 0.243 e. The summed E-state index contributed by atoms with van der Waals surface area (Å²) in [6.07, 6.45) is 3.18. The van der Waals surface area contributed by atoms with Crippen molar-refractivity contribution in [2.75, 3.05) is 40.8 Å². The van der Waals surface area contributed by atoms with Gasteiger partial charge in [-0.15, -0.1) is 0 Å². The maximum absolute atomic E-state index is 11.8. The van der Waals surface area contributed by atoms with Gasteiger partial charge in [0.1, 0.15) is 18.1 Å². The number of hydrogen-bond acceptors (Lipinski definition) is 4. The van der Waals surface area contributed by atoms with Gasteiger partial charge in [0, 0.05) is 33.6 Å². The Hall–Kier alpha value is -2.96. The molecule has 0 unspecified atom stereocenters. The number of likely N-dealkylation sites (N-methyl/N-ethyl adjacent to an activating group) is 1. The Morgan fingerprint density at radius 1 is 1.11 bits per heavy atom. The second-order valence-electron chi connectivity index (χ2n) is 6.20. The Bertz CT molecular complexity index is 727. The number of furan rings is 1. The largest absolute Gasteiger partial charge is 0.496 e. The van der Waals surface area contributed by atoms with Crippen molar-refractivity contribution >= 4 is 11.9 Å². The third-order valence-corrected chi connectivity index (χ3v) is 3.99. The van der Waals surface area contributed by atoms with Crippen molar-refractivity contribution in [2.45, 2.75) is 12.8 Å². The molecule has 0 aliphatic rings. The van der Waals surface area contributed by atoms with Crippen molar-refractivity contribution in [1.29, 1.82) is 0 Å². The number of amides is 1. The highest BCUT2D eigenvalue weighted by molar-refractivity contribution is 5.84. The highest BCUT2D eigenvalue weighted by atomic mass is 16.5. The van der Waals surface area contributed by atoms with E-state index >= 15 is 0 Å². The molecule has 0 fully saturated rings. The van der Waals surface area contributed by atoms with Gasteiger partial charge in [0.2, 0.25) is 5.91 Å². The van der Waals surface area contributed by atoms with Crippen LogP contribution in [-0.2, 0) is 17.6 Å². The van der Waals surface area contributed by atoms with E-state index in [4.69, 9.17) is 9.15 Å². The molecular formula is C20H28N4O3. The molecule has 0 aliphatic carbocycles. The summed E-state index contributed by atoms with van der Waals surface area (Å²) in [6.45, 7) is 1.42. The van der Waals surface area contributed by atoms with Crippen molar-refractivity contribution in [3.63, 3.8) is 0 Å². The molecule has 2 aromatic rings. The summed E-state index contributed by atoms with van der Waals surface area (Å²) in [5, 5.41) is 6.52. The van der Waals surface area contributed by atoms with Crippen LogP contribution in [0.1, 0.15) is 11.3 Å². The fourth-order valence-corrected chi connectivity index (χ4v) is 2.45. The summed E-state index contributed by atoms with van der Waals surface area (Å²) in [4.78, 5) is 17.7. The number of aliphatic imine (C=N–C) groups is 1. The molecule has 27 heavy (non-hydrogen) atoms. The summed E-state index contributed by atoms with van der Waals surface area (Å²) in [5.41, 5.74) is 1.12. The molecule has 0 radical (unpaired) electrons. The van der Waals surface area contributed by atoms with Crippen molar-refractivity contribution in [3.8, 4) is 5.75 Å². The van der Waals surface area contributed by atoms with E-state index in [0.717, 1.165) is 29.9 Å². The van der Waals surface area contributed by atoms with Crippen molar-refractivity contribution < 1.29 is 13.9 Å². The van der Waals surface area contributed by atoms with Gasteiger partial charge in [0.15, 0.2) is 5.96 Å². The van der Waals surface area contributed by atoms with E-state index in [-0.39, 0.29) is 12.5 Å². The first kappa shape index (κ1) is 20.4. The predicted octanol–water partition coefficient (Wildman–Crippen LogP) is 1.70. The van der Waals surface area contributed by atoms with E-state index in [1.807, 2.05) is 36.4 Å². The van der Waals surface area contributed by atoms with Crippen LogP contribution in [0.5, 0.6) is 5.75 Å². The molecule has 2 N–H and O–H groups in total. The molecule has 0 bridgehead atoms. The molecule has 1 heterocycles. The van der Waals surface area contributed by atoms with Gasteiger partial charge in [-0.25, -0.2) is 4.99 Å². The minimum atomic E-state index is -0.0492. The summed E-state index contributed by atoms with van der Waals surface area (Å²) >= 11 is 0. The second-order valence-corrected chi connectivity index (χ2v) is 6.20. The third-order valence-electron chi connectivity index (χ3n) is 3.99. The zero-order valence-electron chi connectivity index (χ0n) is 16.2. The van der Waals surface area contributed by atoms with Gasteiger partial charge in [-0.2, -0.15) is 0 Å². The smallest absolute Gasteiger partial charge is 0.243 e. The lowest BCUT2D eigenvalue weighted by atomic mass is 10.1. The molecule has 7 nitrogen and oxygen atoms in total. The number of methoxy groups -OCH3 is 1. The van der Waals surface area contributed by atoms with Gasteiger partial charge in [-0.1, -0.05) is 18.2 Å². The molecule has 0 saturated heterocycles. The third kappa shape index (κ3) is 7.05. The SMILES string of the molecule is COc1ccccc1CCNC(=NCC(=O)N(C)C)NCCc1ccco1. The minimum Gasteiger partial charge on any atom is -0.496 e. The van der Waals surface area contributed by atoms with Crippen LogP contribution in [0.3, 0.4) is 0 Å². The standard InChI is InChI=1S/C20H28N4O3/c1-24(2)19(25)15-23-20(22-13-11-17-8-6-14-27-17)21-12-10-16-7-4-5-9-18(16)26-3/h4-9,14H,10-13,15H2,1-3H3,(H2,21,22,23). The predicted molar refractivity (Wildman–Crippen MR) is 106 cm³/mol. The van der Waals surface area contributed by atoms with Crippen LogP contribution in [0.2, 0.25) is 0 Å². The lowest BCUT2D eigenvalue weighted by molar-refractivity contribution is -0.127. The summed E-state index contributed by atoms with van der Waals surface area (Å²) < 4.78 is 10.7. The first-order valence-corrected chi connectivity index (χ1v) is 8.96. The summed E-state index contributed by atoms with van der Waals surface area (Å²) in [5.74, 6) is 2.32. The highest BCUT2D eigenvalue weighted by Crippen LogP contribution is 2.17. The molecule has 1 aromatic heterocycles. The lowest BCUT2D eigenvalue weighted by Crippen LogP contribution is -2.40. The molecule has 2 rings (SSSR count). The van der Waals surface area contributed by atoms with Gasteiger partial charge < -0.3 is 24.7 Å². The average molecular weight is 372 g/mol. The Morgan fingerprint density at radius 3 is 2.52 bits per heavy atom. The molecule has 146 valence electrons. The van der Waals surface area contributed by atoms with Gasteiger partial charge in [-0.3, -0.25) is 4.79 Å². The number of hydrogen-bond donors (Lipinski definition) is 2. The van der Waals surface area contributed by atoms with E-state index in [0.29, 0.717) is 19.0 Å². The van der Waals surface area contributed by atoms with Crippen molar-refractivity contribution in [1.82, 2.24) is 15.5 Å². The quantitative estimate of drug-likeness (QED) is 0.517. The summed E-state index contributed by atoms with van der Waals surface area (Å²) in [6, 6.07) is 11.7. The number of ether oxygens (including phenoxy) is 1. The van der Waals surface area contributed by atoms with E-state index in [2.05, 4.69) is 15.6 Å². The van der Waals surface area contributed by atoms with Crippen LogP contribution >= 0.6 is 0 Å². The maximum atomic E-state index is 11.8. The average Bonchev–Trinajstić information content (AvgIpc) is 3.19. The van der Waals surface area contributed by atoms with Gasteiger partial charge in [0.25, 0.3) is 0 Å². The first-order chi connectivity index (χ1) is 13.1. The second kappa shape index (κ2) is 10.9. The number of carbonyl (C=O) groups excluding carboxylic acids is 1. The van der Waals surface area contributed by atoms with Crippen molar-refractivity contribution in [3.05, 3.63) is 54.0 Å². The first-order valence-electron chi connectivity index (χ1n) is 8.96. The van der Waals surface area contributed by atoms with Crippen LogP contribution in [0.15, 0.2) is 52.1 Å². The zero-order valence-corrected chi connectivity index (χ0v) is 16.2. The fourth-order valence-electron chi connectivity index (χ4n) is 2.45. The molecule has 1 aromatic carbocycles. The number of nitrogens with one attached hydrogen (secondary N) is 2. The molecular weight excluding hydrogens is 344 g/mol. The molecule has 0 spiro atoms. The molecule has 0 aliphatic heterocycles. The van der Waals surface area contributed by atoms with Crippen LogP contribution in [-0.4, -0.2) is 57.6 Å². The number of para-hydroxylation sites is 1. The molecule has 1 amide bonds. The molecule has 0 saturated carbocycles. The molecule has 7 heteroatoms. The number of rotatable bonds is 9.